The summed E-state index contributed by atoms with van der Waals surface area (Å²) >= 11 is 12.1. The smallest absolute Gasteiger partial charge is 0.192 e. The summed E-state index contributed by atoms with van der Waals surface area (Å²) in [5.41, 5.74) is 2.22. The molecule has 2 aromatic heterocycles. The minimum atomic E-state index is 0.430. The molecule has 0 aliphatic rings. The van der Waals surface area contributed by atoms with Crippen molar-refractivity contribution in [2.45, 2.75) is 0 Å². The second kappa shape index (κ2) is 6.07. The molecule has 0 aliphatic carbocycles. The maximum atomic E-state index is 6.10. The lowest BCUT2D eigenvalue weighted by atomic mass is 10.1. The van der Waals surface area contributed by atoms with E-state index in [0.717, 1.165) is 11.3 Å². The fourth-order valence-electron chi connectivity index (χ4n) is 2.34. The zero-order valence-corrected chi connectivity index (χ0v) is 13.6. The molecule has 0 amide bonds. The van der Waals surface area contributed by atoms with E-state index in [1.54, 1.807) is 29.1 Å². The van der Waals surface area contributed by atoms with E-state index >= 15 is 0 Å². The van der Waals surface area contributed by atoms with E-state index in [4.69, 9.17) is 27.7 Å². The Bertz CT molecular complexity index is 997. The fourth-order valence-corrected chi connectivity index (χ4v) is 2.64. The van der Waals surface area contributed by atoms with E-state index in [2.05, 4.69) is 20.7 Å². The standard InChI is InChI=1S/C16H9Cl2N5O/c17-13-7-6-10(8-14(13)18)15-12(9-19-24-15)16-20-21-22-23(16)11-4-2-1-3-5-11/h1-9H. The predicted octanol–water partition coefficient (Wildman–Crippen LogP) is 4.29. The highest BCUT2D eigenvalue weighted by Crippen LogP contribution is 2.34. The first kappa shape index (κ1) is 14.9. The minimum Gasteiger partial charge on any atom is -0.356 e. The molecule has 6 nitrogen and oxygen atoms in total. The average molecular weight is 358 g/mol. The van der Waals surface area contributed by atoms with E-state index in [9.17, 15) is 0 Å². The first-order valence-corrected chi connectivity index (χ1v) is 7.74. The third-order valence-corrected chi connectivity index (χ3v) is 4.20. The number of hydrogen-bond acceptors (Lipinski definition) is 5. The monoisotopic (exact) mass is 357 g/mol. The van der Waals surface area contributed by atoms with Crippen LogP contribution in [-0.2, 0) is 0 Å². The van der Waals surface area contributed by atoms with Crippen LogP contribution in [0.3, 0.4) is 0 Å². The Hall–Kier alpha value is -2.70. The largest absolute Gasteiger partial charge is 0.356 e. The summed E-state index contributed by atoms with van der Waals surface area (Å²) in [4.78, 5) is 0. The molecule has 4 aromatic rings. The predicted molar refractivity (Wildman–Crippen MR) is 90.1 cm³/mol. The molecule has 0 saturated carbocycles. The maximum Gasteiger partial charge on any atom is 0.192 e. The van der Waals surface area contributed by atoms with Gasteiger partial charge in [-0.1, -0.05) is 46.6 Å². The molecule has 2 aromatic carbocycles. The zero-order chi connectivity index (χ0) is 16.5. The van der Waals surface area contributed by atoms with Gasteiger partial charge in [-0.05, 0) is 40.8 Å². The number of halogens is 2. The molecule has 8 heteroatoms. The second-order valence-corrected chi connectivity index (χ2v) is 5.76. The van der Waals surface area contributed by atoms with Crippen LogP contribution in [0.15, 0.2) is 59.3 Å². The normalized spacial score (nSPS) is 10.9. The van der Waals surface area contributed by atoms with Gasteiger partial charge in [-0.2, -0.15) is 4.68 Å². The van der Waals surface area contributed by atoms with Crippen LogP contribution in [0.4, 0.5) is 0 Å². The molecular weight excluding hydrogens is 349 g/mol. The van der Waals surface area contributed by atoms with Gasteiger partial charge in [-0.15, -0.1) is 5.10 Å². The molecule has 0 bridgehead atoms. The van der Waals surface area contributed by atoms with Crippen molar-refractivity contribution in [3.05, 3.63) is 64.8 Å². The van der Waals surface area contributed by atoms with Gasteiger partial charge in [0.1, 0.15) is 0 Å². The van der Waals surface area contributed by atoms with E-state index in [1.165, 1.54) is 0 Å². The van der Waals surface area contributed by atoms with Crippen molar-refractivity contribution in [1.29, 1.82) is 0 Å². The van der Waals surface area contributed by atoms with Gasteiger partial charge in [0.15, 0.2) is 11.6 Å². The maximum absolute atomic E-state index is 6.10. The minimum absolute atomic E-state index is 0.430. The summed E-state index contributed by atoms with van der Waals surface area (Å²) in [5, 5.41) is 16.7. The van der Waals surface area contributed by atoms with E-state index in [-0.39, 0.29) is 0 Å². The van der Waals surface area contributed by atoms with E-state index < -0.39 is 0 Å². The van der Waals surface area contributed by atoms with Gasteiger partial charge < -0.3 is 4.52 Å². The van der Waals surface area contributed by atoms with Crippen LogP contribution in [0, 0.1) is 0 Å². The van der Waals surface area contributed by atoms with Crippen LogP contribution in [0.25, 0.3) is 28.4 Å². The van der Waals surface area contributed by atoms with Crippen LogP contribution in [0.5, 0.6) is 0 Å². The Morgan fingerprint density at radius 2 is 1.79 bits per heavy atom. The summed E-state index contributed by atoms with van der Waals surface area (Å²) in [7, 11) is 0. The number of rotatable bonds is 3. The van der Waals surface area contributed by atoms with Gasteiger partial charge in [0, 0.05) is 5.56 Å². The van der Waals surface area contributed by atoms with Crippen molar-refractivity contribution < 1.29 is 4.52 Å². The van der Waals surface area contributed by atoms with Crippen molar-refractivity contribution in [2.75, 3.05) is 0 Å². The van der Waals surface area contributed by atoms with E-state index in [0.29, 0.717) is 27.2 Å². The van der Waals surface area contributed by atoms with Crippen molar-refractivity contribution in [2.24, 2.45) is 0 Å². The first-order valence-electron chi connectivity index (χ1n) is 6.98. The van der Waals surface area contributed by atoms with Crippen LogP contribution < -0.4 is 0 Å². The zero-order valence-electron chi connectivity index (χ0n) is 12.1. The summed E-state index contributed by atoms with van der Waals surface area (Å²) in [6.45, 7) is 0. The molecule has 0 spiro atoms. The van der Waals surface area contributed by atoms with Gasteiger partial charge in [0.05, 0.1) is 27.5 Å². The molecule has 0 N–H and O–H groups in total. The van der Waals surface area contributed by atoms with Crippen LogP contribution in [0.1, 0.15) is 0 Å². The highest BCUT2D eigenvalue weighted by Gasteiger charge is 2.20. The van der Waals surface area contributed by atoms with Crippen molar-refractivity contribution in [3.8, 4) is 28.4 Å². The highest BCUT2D eigenvalue weighted by molar-refractivity contribution is 6.42. The van der Waals surface area contributed by atoms with E-state index in [1.807, 2.05) is 30.3 Å². The molecule has 4 rings (SSSR count). The topological polar surface area (TPSA) is 69.6 Å². The third kappa shape index (κ3) is 2.55. The van der Waals surface area contributed by atoms with Crippen LogP contribution in [0.2, 0.25) is 10.0 Å². The molecule has 0 radical (unpaired) electrons. The Morgan fingerprint density at radius 1 is 0.958 bits per heavy atom. The molecule has 0 aliphatic heterocycles. The number of tetrazole rings is 1. The number of nitrogens with zero attached hydrogens (tertiary/aromatic N) is 5. The Labute approximate surface area is 146 Å². The van der Waals surface area contributed by atoms with Crippen molar-refractivity contribution in [1.82, 2.24) is 25.4 Å². The van der Waals surface area contributed by atoms with Gasteiger partial charge in [0.25, 0.3) is 0 Å². The Balaban J connectivity index is 1.85. The number of hydrogen-bond donors (Lipinski definition) is 0. The molecule has 2 heterocycles. The summed E-state index contributed by atoms with van der Waals surface area (Å²) < 4.78 is 7.02. The molecule has 24 heavy (non-hydrogen) atoms. The van der Waals surface area contributed by atoms with Gasteiger partial charge in [-0.25, -0.2) is 0 Å². The number of para-hydroxylation sites is 1. The van der Waals surface area contributed by atoms with Gasteiger partial charge in [0.2, 0.25) is 0 Å². The van der Waals surface area contributed by atoms with Gasteiger partial charge in [-0.3, -0.25) is 0 Å². The fraction of sp³-hybridized carbons (Fsp3) is 0. The Kier molecular flexibility index (Phi) is 3.76. The summed E-state index contributed by atoms with van der Waals surface area (Å²) in [6.07, 6.45) is 1.57. The lowest BCUT2D eigenvalue weighted by Gasteiger charge is -2.05. The third-order valence-electron chi connectivity index (χ3n) is 3.46. The van der Waals surface area contributed by atoms with Crippen molar-refractivity contribution in [3.63, 3.8) is 0 Å². The first-order chi connectivity index (χ1) is 11.7. The summed E-state index contributed by atoms with van der Waals surface area (Å²) in [5.74, 6) is 1.03. The van der Waals surface area contributed by atoms with Gasteiger partial charge >= 0.3 is 0 Å². The molecular formula is C16H9Cl2N5O. The van der Waals surface area contributed by atoms with Crippen molar-refractivity contribution >= 4 is 23.2 Å². The lowest BCUT2D eigenvalue weighted by Crippen LogP contribution is -1.99. The quantitative estimate of drug-likeness (QED) is 0.546. The second-order valence-electron chi connectivity index (χ2n) is 4.95. The average Bonchev–Trinajstić information content (AvgIpc) is 3.26. The SMILES string of the molecule is Clc1ccc(-c2oncc2-c2nnnn2-c2ccccc2)cc1Cl. The van der Waals surface area contributed by atoms with Crippen LogP contribution >= 0.6 is 23.2 Å². The lowest BCUT2D eigenvalue weighted by molar-refractivity contribution is 0.432. The van der Waals surface area contributed by atoms with Crippen LogP contribution in [-0.4, -0.2) is 25.4 Å². The molecule has 118 valence electrons. The highest BCUT2D eigenvalue weighted by atomic mass is 35.5. The number of aromatic nitrogens is 5. The summed E-state index contributed by atoms with van der Waals surface area (Å²) in [6, 6.07) is 14.8. The number of benzene rings is 2. The molecule has 0 saturated heterocycles. The molecule has 0 atom stereocenters. The Morgan fingerprint density at radius 3 is 2.58 bits per heavy atom. The molecule has 0 unspecified atom stereocenters. The molecule has 0 fully saturated rings.